The maximum atomic E-state index is 12.1. The lowest BCUT2D eigenvalue weighted by molar-refractivity contribution is -0.155. The summed E-state index contributed by atoms with van der Waals surface area (Å²) in [5.41, 5.74) is 0.940. The standard InChI is InChI=1S/C20H21ClN2O5/c1-4-5-14-6-8-16(17(10-14)26-3)27-12-19(24)28-13(2)20(25)23-18-9-7-15(21)11-22-18/h4-11,13H,12H2,1-3H3,(H,22,23,25)/b5-4+/t13-/m0/s1. The van der Waals surface area contributed by atoms with Gasteiger partial charge in [-0.05, 0) is 43.7 Å². The van der Waals surface area contributed by atoms with Gasteiger partial charge >= 0.3 is 5.97 Å². The van der Waals surface area contributed by atoms with E-state index in [1.165, 1.54) is 20.2 Å². The number of amides is 1. The molecule has 1 atom stereocenters. The second kappa shape index (κ2) is 10.3. The second-order valence-electron chi connectivity index (χ2n) is 5.68. The number of rotatable bonds is 8. The van der Waals surface area contributed by atoms with Crippen molar-refractivity contribution in [2.45, 2.75) is 20.0 Å². The van der Waals surface area contributed by atoms with E-state index in [0.29, 0.717) is 22.3 Å². The van der Waals surface area contributed by atoms with Crippen LogP contribution in [0, 0.1) is 0 Å². The van der Waals surface area contributed by atoms with E-state index in [0.717, 1.165) is 5.56 Å². The van der Waals surface area contributed by atoms with Crippen LogP contribution in [-0.2, 0) is 14.3 Å². The van der Waals surface area contributed by atoms with Crippen LogP contribution < -0.4 is 14.8 Å². The quantitative estimate of drug-likeness (QED) is 0.674. The first-order chi connectivity index (χ1) is 13.4. The highest BCUT2D eigenvalue weighted by Gasteiger charge is 2.19. The maximum Gasteiger partial charge on any atom is 0.344 e. The van der Waals surface area contributed by atoms with Crippen LogP contribution in [0.1, 0.15) is 19.4 Å². The average molecular weight is 405 g/mol. The van der Waals surface area contributed by atoms with Gasteiger partial charge < -0.3 is 19.5 Å². The van der Waals surface area contributed by atoms with Gasteiger partial charge in [0.15, 0.2) is 24.2 Å². The van der Waals surface area contributed by atoms with Crippen molar-refractivity contribution in [1.29, 1.82) is 0 Å². The molecule has 1 N–H and O–H groups in total. The topological polar surface area (TPSA) is 86.8 Å². The molecule has 1 aromatic heterocycles. The van der Waals surface area contributed by atoms with E-state index in [1.54, 1.807) is 24.3 Å². The molecule has 2 rings (SSSR count). The Kier molecular flexibility index (Phi) is 7.83. The molecular formula is C20H21ClN2O5. The van der Waals surface area contributed by atoms with Gasteiger partial charge in [-0.1, -0.05) is 29.8 Å². The predicted octanol–water partition coefficient (Wildman–Crippen LogP) is 3.73. The minimum atomic E-state index is -1.02. The third kappa shape index (κ3) is 6.28. The highest BCUT2D eigenvalue weighted by molar-refractivity contribution is 6.30. The molecule has 0 aliphatic heterocycles. The fourth-order valence-electron chi connectivity index (χ4n) is 2.20. The highest BCUT2D eigenvalue weighted by atomic mass is 35.5. The van der Waals surface area contributed by atoms with Gasteiger partial charge in [0.05, 0.1) is 12.1 Å². The van der Waals surface area contributed by atoms with Crippen LogP contribution >= 0.6 is 11.6 Å². The predicted molar refractivity (Wildman–Crippen MR) is 107 cm³/mol. The lowest BCUT2D eigenvalue weighted by atomic mass is 10.2. The molecule has 0 radical (unpaired) electrons. The summed E-state index contributed by atoms with van der Waals surface area (Å²) in [6, 6.07) is 8.45. The number of esters is 1. The van der Waals surface area contributed by atoms with Gasteiger partial charge in [-0.2, -0.15) is 0 Å². The zero-order valence-electron chi connectivity index (χ0n) is 15.8. The molecule has 0 spiro atoms. The van der Waals surface area contributed by atoms with Crippen LogP contribution in [-0.4, -0.2) is 36.7 Å². The van der Waals surface area contributed by atoms with Gasteiger partial charge in [0.25, 0.3) is 5.91 Å². The molecule has 7 nitrogen and oxygen atoms in total. The summed E-state index contributed by atoms with van der Waals surface area (Å²) in [6.45, 7) is 3.00. The number of hydrogen-bond donors (Lipinski definition) is 1. The van der Waals surface area contributed by atoms with E-state index in [2.05, 4.69) is 10.3 Å². The number of methoxy groups -OCH3 is 1. The largest absolute Gasteiger partial charge is 0.493 e. The van der Waals surface area contributed by atoms with Gasteiger partial charge in [0.1, 0.15) is 5.82 Å². The van der Waals surface area contributed by atoms with Crippen molar-refractivity contribution in [3.63, 3.8) is 0 Å². The van der Waals surface area contributed by atoms with E-state index >= 15 is 0 Å². The van der Waals surface area contributed by atoms with E-state index < -0.39 is 18.0 Å². The number of allylic oxidation sites excluding steroid dienone is 1. The molecule has 2 aromatic rings. The Hall–Kier alpha value is -3.06. The van der Waals surface area contributed by atoms with Crippen molar-refractivity contribution in [3.8, 4) is 11.5 Å². The third-order valence-corrected chi connectivity index (χ3v) is 3.77. The van der Waals surface area contributed by atoms with Crippen LogP contribution in [0.25, 0.3) is 6.08 Å². The minimum Gasteiger partial charge on any atom is -0.493 e. The molecule has 0 bridgehead atoms. The number of aromatic nitrogens is 1. The number of ether oxygens (including phenoxy) is 3. The molecule has 0 aliphatic rings. The Morgan fingerprint density at radius 3 is 2.68 bits per heavy atom. The van der Waals surface area contributed by atoms with Gasteiger partial charge in [0.2, 0.25) is 0 Å². The fraction of sp³-hybridized carbons (Fsp3) is 0.250. The van der Waals surface area contributed by atoms with Crippen LogP contribution in [0.4, 0.5) is 5.82 Å². The number of nitrogens with one attached hydrogen (secondary N) is 1. The van der Waals surface area contributed by atoms with Crippen molar-refractivity contribution >= 4 is 35.4 Å². The first-order valence-corrected chi connectivity index (χ1v) is 8.86. The van der Waals surface area contributed by atoms with E-state index in [9.17, 15) is 9.59 Å². The van der Waals surface area contributed by atoms with Gasteiger partial charge in [-0.15, -0.1) is 0 Å². The summed E-state index contributed by atoms with van der Waals surface area (Å²) in [5, 5.41) is 2.98. The van der Waals surface area contributed by atoms with Gasteiger partial charge in [-0.3, -0.25) is 4.79 Å². The van der Waals surface area contributed by atoms with Crippen LogP contribution in [0.3, 0.4) is 0 Å². The Morgan fingerprint density at radius 2 is 2.04 bits per heavy atom. The SMILES string of the molecule is C/C=C/c1ccc(OCC(=O)O[C@@H](C)C(=O)Nc2ccc(Cl)cn2)c(OC)c1. The molecule has 28 heavy (non-hydrogen) atoms. The molecule has 1 heterocycles. The van der Waals surface area contributed by atoms with Crippen molar-refractivity contribution in [2.24, 2.45) is 0 Å². The van der Waals surface area contributed by atoms with Crippen LogP contribution in [0.2, 0.25) is 5.02 Å². The molecule has 0 fully saturated rings. The Bertz CT molecular complexity index is 852. The number of carbonyl (C=O) groups excluding carboxylic acids is 2. The lowest BCUT2D eigenvalue weighted by Crippen LogP contribution is -2.31. The summed E-state index contributed by atoms with van der Waals surface area (Å²) in [4.78, 5) is 28.0. The molecular weight excluding hydrogens is 384 g/mol. The minimum absolute atomic E-state index is 0.305. The Balaban J connectivity index is 1.87. The lowest BCUT2D eigenvalue weighted by Gasteiger charge is -2.14. The normalized spacial score (nSPS) is 11.7. The zero-order chi connectivity index (χ0) is 20.5. The summed E-state index contributed by atoms with van der Waals surface area (Å²) in [5.74, 6) is -0.0135. The smallest absolute Gasteiger partial charge is 0.344 e. The molecule has 0 saturated heterocycles. The van der Waals surface area contributed by atoms with Crippen LogP contribution in [0.5, 0.6) is 11.5 Å². The van der Waals surface area contributed by atoms with E-state index in [-0.39, 0.29) is 6.61 Å². The molecule has 1 aromatic carbocycles. The second-order valence-corrected chi connectivity index (χ2v) is 6.12. The summed E-state index contributed by atoms with van der Waals surface area (Å²) in [6.07, 6.45) is 4.19. The average Bonchev–Trinajstić information content (AvgIpc) is 2.68. The number of benzene rings is 1. The zero-order valence-corrected chi connectivity index (χ0v) is 16.5. The van der Waals surface area contributed by atoms with Gasteiger partial charge in [0, 0.05) is 6.20 Å². The molecule has 1 amide bonds. The molecule has 8 heteroatoms. The molecule has 0 unspecified atom stereocenters. The van der Waals surface area contributed by atoms with E-state index in [4.69, 9.17) is 25.8 Å². The fourth-order valence-corrected chi connectivity index (χ4v) is 2.31. The van der Waals surface area contributed by atoms with Crippen molar-refractivity contribution in [2.75, 3.05) is 19.0 Å². The summed E-state index contributed by atoms with van der Waals surface area (Å²) < 4.78 is 15.8. The number of anilines is 1. The molecule has 0 aliphatic carbocycles. The first-order valence-electron chi connectivity index (χ1n) is 8.48. The number of pyridine rings is 1. The summed E-state index contributed by atoms with van der Waals surface area (Å²) >= 11 is 5.74. The van der Waals surface area contributed by atoms with Crippen molar-refractivity contribution in [1.82, 2.24) is 4.98 Å². The Morgan fingerprint density at radius 1 is 1.25 bits per heavy atom. The van der Waals surface area contributed by atoms with Crippen LogP contribution in [0.15, 0.2) is 42.6 Å². The molecule has 148 valence electrons. The van der Waals surface area contributed by atoms with Crippen molar-refractivity contribution < 1.29 is 23.8 Å². The summed E-state index contributed by atoms with van der Waals surface area (Å²) in [7, 11) is 1.51. The Labute approximate surface area is 168 Å². The number of hydrogen-bond acceptors (Lipinski definition) is 6. The molecule has 0 saturated carbocycles. The van der Waals surface area contributed by atoms with Crippen molar-refractivity contribution in [3.05, 3.63) is 53.2 Å². The van der Waals surface area contributed by atoms with E-state index in [1.807, 2.05) is 25.1 Å². The monoisotopic (exact) mass is 404 g/mol. The number of nitrogens with zero attached hydrogens (tertiary/aromatic N) is 1. The third-order valence-electron chi connectivity index (χ3n) is 3.55. The number of carbonyl (C=O) groups is 2. The van der Waals surface area contributed by atoms with Gasteiger partial charge in [-0.25, -0.2) is 9.78 Å². The first kappa shape index (κ1) is 21.2. The maximum absolute atomic E-state index is 12.1. The number of halogens is 1. The highest BCUT2D eigenvalue weighted by Crippen LogP contribution is 2.28.